The highest BCUT2D eigenvalue weighted by Gasteiger charge is 2.38. The zero-order valence-electron chi connectivity index (χ0n) is 14.2. The van der Waals surface area contributed by atoms with Gasteiger partial charge in [-0.25, -0.2) is 0 Å². The SMILES string of the molecule is CC(C1CC1)C(Cl)c1ccc2c(c1)C(C)(C)CCC2(C)C. The predicted octanol–water partition coefficient (Wildman–Crippen LogP) is 6.36. The summed E-state index contributed by atoms with van der Waals surface area (Å²) >= 11 is 6.80. The second-order valence-electron chi connectivity index (χ2n) is 8.67. The minimum atomic E-state index is 0.170. The minimum Gasteiger partial charge on any atom is -0.118 e. The first-order chi connectivity index (χ1) is 9.72. The Kier molecular flexibility index (Phi) is 3.68. The molecule has 0 spiro atoms. The van der Waals surface area contributed by atoms with Gasteiger partial charge in [-0.1, -0.05) is 52.8 Å². The molecule has 1 aromatic carbocycles. The molecule has 0 saturated heterocycles. The standard InChI is InChI=1S/C20H29Cl/c1-13(14-6-7-14)18(21)15-8-9-16-17(12-15)20(4,5)11-10-19(16,2)3/h8-9,12-14,18H,6-7,10-11H2,1-5H3. The summed E-state index contributed by atoms with van der Waals surface area (Å²) in [6, 6.07) is 7.08. The van der Waals surface area contributed by atoms with Gasteiger partial charge in [0.15, 0.2) is 0 Å². The number of benzene rings is 1. The van der Waals surface area contributed by atoms with Crippen molar-refractivity contribution in [2.45, 2.75) is 76.5 Å². The summed E-state index contributed by atoms with van der Waals surface area (Å²) in [5, 5.41) is 0.170. The molecule has 0 radical (unpaired) electrons. The molecule has 0 heterocycles. The number of halogens is 1. The molecular weight excluding hydrogens is 276 g/mol. The Labute approximate surface area is 135 Å². The molecule has 0 aliphatic heterocycles. The van der Waals surface area contributed by atoms with Crippen LogP contribution in [0.3, 0.4) is 0 Å². The second-order valence-corrected chi connectivity index (χ2v) is 9.14. The third-order valence-corrected chi connectivity index (χ3v) is 6.67. The van der Waals surface area contributed by atoms with E-state index in [1.165, 1.54) is 42.4 Å². The lowest BCUT2D eigenvalue weighted by atomic mass is 9.63. The Bertz CT molecular complexity index is 537. The molecule has 116 valence electrons. The van der Waals surface area contributed by atoms with Crippen LogP contribution in [0.15, 0.2) is 18.2 Å². The normalized spacial score (nSPS) is 26.0. The van der Waals surface area contributed by atoms with Gasteiger partial charge in [0.05, 0.1) is 5.38 Å². The Morgan fingerprint density at radius 1 is 1.00 bits per heavy atom. The van der Waals surface area contributed by atoms with Crippen LogP contribution in [-0.4, -0.2) is 0 Å². The van der Waals surface area contributed by atoms with Gasteiger partial charge in [-0.05, 0) is 65.0 Å². The molecular formula is C20H29Cl. The van der Waals surface area contributed by atoms with Crippen LogP contribution in [0.1, 0.15) is 82.4 Å². The lowest BCUT2D eigenvalue weighted by Gasteiger charge is -2.42. The number of fused-ring (bicyclic) bond motifs is 1. The molecule has 3 rings (SSSR count). The van der Waals surface area contributed by atoms with Gasteiger partial charge in [0.25, 0.3) is 0 Å². The number of hydrogen-bond donors (Lipinski definition) is 0. The fraction of sp³-hybridized carbons (Fsp3) is 0.700. The Morgan fingerprint density at radius 3 is 2.14 bits per heavy atom. The van der Waals surface area contributed by atoms with Gasteiger partial charge < -0.3 is 0 Å². The first kappa shape index (κ1) is 15.4. The molecule has 1 heteroatoms. The van der Waals surface area contributed by atoms with E-state index >= 15 is 0 Å². The van der Waals surface area contributed by atoms with Crippen molar-refractivity contribution >= 4 is 11.6 Å². The van der Waals surface area contributed by atoms with Crippen molar-refractivity contribution in [2.24, 2.45) is 11.8 Å². The van der Waals surface area contributed by atoms with Gasteiger partial charge >= 0.3 is 0 Å². The second kappa shape index (κ2) is 5.01. The average Bonchev–Trinajstić information content (AvgIpc) is 3.26. The molecule has 21 heavy (non-hydrogen) atoms. The third-order valence-electron chi connectivity index (χ3n) is 6.02. The lowest BCUT2D eigenvalue weighted by Crippen LogP contribution is -2.34. The van der Waals surface area contributed by atoms with Gasteiger partial charge in [-0.15, -0.1) is 11.6 Å². The first-order valence-corrected chi connectivity index (χ1v) is 8.95. The molecule has 0 aromatic heterocycles. The van der Waals surface area contributed by atoms with E-state index in [4.69, 9.17) is 11.6 Å². The van der Waals surface area contributed by atoms with Crippen molar-refractivity contribution < 1.29 is 0 Å². The zero-order valence-corrected chi connectivity index (χ0v) is 14.9. The molecule has 1 saturated carbocycles. The van der Waals surface area contributed by atoms with Gasteiger partial charge in [0, 0.05) is 0 Å². The van der Waals surface area contributed by atoms with Gasteiger partial charge in [-0.3, -0.25) is 0 Å². The molecule has 2 aliphatic carbocycles. The zero-order chi connectivity index (χ0) is 15.4. The van der Waals surface area contributed by atoms with Gasteiger partial charge in [-0.2, -0.15) is 0 Å². The van der Waals surface area contributed by atoms with Crippen LogP contribution in [0.25, 0.3) is 0 Å². The van der Waals surface area contributed by atoms with Crippen molar-refractivity contribution in [1.82, 2.24) is 0 Å². The predicted molar refractivity (Wildman–Crippen MR) is 92.2 cm³/mol. The first-order valence-electron chi connectivity index (χ1n) is 8.51. The monoisotopic (exact) mass is 304 g/mol. The van der Waals surface area contributed by atoms with E-state index in [0.717, 1.165) is 5.92 Å². The summed E-state index contributed by atoms with van der Waals surface area (Å²) in [4.78, 5) is 0. The maximum Gasteiger partial charge on any atom is 0.0613 e. The van der Waals surface area contributed by atoms with E-state index < -0.39 is 0 Å². The van der Waals surface area contributed by atoms with Crippen LogP contribution in [0.5, 0.6) is 0 Å². The summed E-state index contributed by atoms with van der Waals surface area (Å²) in [5.74, 6) is 1.46. The topological polar surface area (TPSA) is 0 Å². The largest absolute Gasteiger partial charge is 0.118 e. The summed E-state index contributed by atoms with van der Waals surface area (Å²) < 4.78 is 0. The average molecular weight is 305 g/mol. The molecule has 1 aromatic rings. The van der Waals surface area contributed by atoms with Gasteiger partial charge in [0.1, 0.15) is 0 Å². The van der Waals surface area contributed by atoms with E-state index in [1.54, 1.807) is 0 Å². The maximum atomic E-state index is 6.80. The molecule has 2 unspecified atom stereocenters. The number of rotatable bonds is 3. The number of hydrogen-bond acceptors (Lipinski definition) is 0. The fourth-order valence-corrected chi connectivity index (χ4v) is 4.28. The van der Waals surface area contributed by atoms with E-state index in [0.29, 0.717) is 11.3 Å². The summed E-state index contributed by atoms with van der Waals surface area (Å²) in [5.41, 5.74) is 4.98. The summed E-state index contributed by atoms with van der Waals surface area (Å²) in [6.45, 7) is 11.9. The van der Waals surface area contributed by atoms with E-state index in [1.807, 2.05) is 0 Å². The molecule has 1 fully saturated rings. The van der Waals surface area contributed by atoms with Crippen LogP contribution in [0.4, 0.5) is 0 Å². The van der Waals surface area contributed by atoms with Crippen molar-refractivity contribution in [1.29, 1.82) is 0 Å². The number of alkyl halides is 1. The smallest absolute Gasteiger partial charge is 0.0613 e. The Balaban J connectivity index is 1.99. The van der Waals surface area contributed by atoms with Crippen LogP contribution in [0, 0.1) is 11.8 Å². The van der Waals surface area contributed by atoms with Crippen molar-refractivity contribution in [3.05, 3.63) is 34.9 Å². The van der Waals surface area contributed by atoms with E-state index in [9.17, 15) is 0 Å². The molecule has 0 nitrogen and oxygen atoms in total. The van der Waals surface area contributed by atoms with Crippen LogP contribution >= 0.6 is 11.6 Å². The minimum absolute atomic E-state index is 0.170. The molecule has 0 amide bonds. The van der Waals surface area contributed by atoms with Crippen LogP contribution in [0.2, 0.25) is 0 Å². The summed E-state index contributed by atoms with van der Waals surface area (Å²) in [7, 11) is 0. The molecule has 2 aliphatic rings. The van der Waals surface area contributed by atoms with Crippen molar-refractivity contribution in [3.8, 4) is 0 Å². The third kappa shape index (κ3) is 2.77. The van der Waals surface area contributed by atoms with E-state index in [2.05, 4.69) is 52.8 Å². The Hall–Kier alpha value is -0.490. The van der Waals surface area contributed by atoms with Crippen molar-refractivity contribution in [3.63, 3.8) is 0 Å². The molecule has 2 atom stereocenters. The van der Waals surface area contributed by atoms with Crippen molar-refractivity contribution in [2.75, 3.05) is 0 Å². The van der Waals surface area contributed by atoms with Crippen LogP contribution in [-0.2, 0) is 10.8 Å². The fourth-order valence-electron chi connectivity index (χ4n) is 3.94. The quantitative estimate of drug-likeness (QED) is 0.570. The lowest BCUT2D eigenvalue weighted by molar-refractivity contribution is 0.331. The molecule has 0 N–H and O–H groups in total. The highest BCUT2D eigenvalue weighted by Crippen LogP contribution is 2.49. The van der Waals surface area contributed by atoms with Crippen LogP contribution < -0.4 is 0 Å². The van der Waals surface area contributed by atoms with Gasteiger partial charge in [0.2, 0.25) is 0 Å². The highest BCUT2D eigenvalue weighted by molar-refractivity contribution is 6.21. The summed E-state index contributed by atoms with van der Waals surface area (Å²) in [6.07, 6.45) is 5.28. The Morgan fingerprint density at radius 2 is 1.57 bits per heavy atom. The highest BCUT2D eigenvalue weighted by atomic mass is 35.5. The van der Waals surface area contributed by atoms with E-state index in [-0.39, 0.29) is 10.8 Å². The molecule has 0 bridgehead atoms. The maximum absolute atomic E-state index is 6.80.